The fourth-order valence-corrected chi connectivity index (χ4v) is 4.63. The van der Waals surface area contributed by atoms with Crippen LogP contribution < -0.4 is 10.0 Å². The van der Waals surface area contributed by atoms with E-state index in [0.29, 0.717) is 36.9 Å². The van der Waals surface area contributed by atoms with Crippen molar-refractivity contribution in [2.24, 2.45) is 0 Å². The lowest BCUT2D eigenvalue weighted by molar-refractivity contribution is 0.0792. The van der Waals surface area contributed by atoms with Gasteiger partial charge in [0.25, 0.3) is 0 Å². The monoisotopic (exact) mass is 434 g/mol. The van der Waals surface area contributed by atoms with Crippen molar-refractivity contribution >= 4 is 27.6 Å². The topological polar surface area (TPSA) is 102 Å². The molecule has 2 aromatic rings. The number of rotatable bonds is 6. The average Bonchev–Trinajstić information content (AvgIpc) is 2.69. The quantitative estimate of drug-likeness (QED) is 0.672. The van der Waals surface area contributed by atoms with Gasteiger partial charge in [0, 0.05) is 23.7 Å². The zero-order valence-electron chi connectivity index (χ0n) is 16.4. The number of carbonyl (C=O) groups excluding carboxylic acids is 2. The highest BCUT2D eigenvalue weighted by atomic mass is 32.2. The zero-order chi connectivity index (χ0) is 21.7. The third-order valence-corrected chi connectivity index (χ3v) is 6.42. The van der Waals surface area contributed by atoms with Crippen LogP contribution in [0.4, 0.5) is 14.9 Å². The highest BCUT2D eigenvalue weighted by Gasteiger charge is 2.28. The number of hydrogen-bond acceptors (Lipinski definition) is 5. The Labute approximate surface area is 174 Å². The maximum atomic E-state index is 12.9. The molecule has 0 unspecified atom stereocenters. The minimum atomic E-state index is -3.76. The standard InChI is InChI=1S/C21H23FN2O5S/c1-14(25)15-5-11-20(12-6-15)30(27,28)24-18-3-2-4-19(13-18)29-21(26)23-17-9-7-16(22)8-10-17/h5-12,18-19,24H,2-4,13H2,1H3,(H,23,26)/t18-,19-/m1/s1. The summed E-state index contributed by atoms with van der Waals surface area (Å²) in [5.74, 6) is -0.551. The maximum absolute atomic E-state index is 12.9. The van der Waals surface area contributed by atoms with Crippen molar-refractivity contribution < 1.29 is 27.1 Å². The van der Waals surface area contributed by atoms with E-state index in [2.05, 4.69) is 10.0 Å². The van der Waals surface area contributed by atoms with Gasteiger partial charge in [0.05, 0.1) is 4.90 Å². The molecule has 30 heavy (non-hydrogen) atoms. The van der Waals surface area contributed by atoms with Gasteiger partial charge in [-0.1, -0.05) is 12.1 Å². The molecule has 3 rings (SSSR count). The lowest BCUT2D eigenvalue weighted by Crippen LogP contribution is -2.41. The minimum Gasteiger partial charge on any atom is -0.446 e. The Hall–Kier alpha value is -2.78. The van der Waals surface area contributed by atoms with Gasteiger partial charge < -0.3 is 4.74 Å². The average molecular weight is 434 g/mol. The molecule has 0 aliphatic heterocycles. The summed E-state index contributed by atoms with van der Waals surface area (Å²) >= 11 is 0. The van der Waals surface area contributed by atoms with Crippen LogP contribution in [0.15, 0.2) is 53.4 Å². The van der Waals surface area contributed by atoms with Gasteiger partial charge in [-0.25, -0.2) is 22.3 Å². The van der Waals surface area contributed by atoms with E-state index in [4.69, 9.17) is 4.74 Å². The molecule has 9 heteroatoms. The minimum absolute atomic E-state index is 0.0737. The number of hydrogen-bond donors (Lipinski definition) is 2. The van der Waals surface area contributed by atoms with Crippen LogP contribution in [0.3, 0.4) is 0 Å². The summed E-state index contributed by atoms with van der Waals surface area (Å²) in [6.07, 6.45) is 1.20. The molecule has 1 aliphatic carbocycles. The Kier molecular flexibility index (Phi) is 6.84. The Morgan fingerprint density at radius 2 is 1.70 bits per heavy atom. The van der Waals surface area contributed by atoms with Crippen molar-refractivity contribution in [3.63, 3.8) is 0 Å². The van der Waals surface area contributed by atoms with Crippen molar-refractivity contribution in [2.45, 2.75) is 49.6 Å². The van der Waals surface area contributed by atoms with E-state index in [-0.39, 0.29) is 16.7 Å². The SMILES string of the molecule is CC(=O)c1ccc(S(=O)(=O)N[C@@H]2CCC[C@@H](OC(=O)Nc3ccc(F)cc3)C2)cc1. The zero-order valence-corrected chi connectivity index (χ0v) is 17.2. The summed E-state index contributed by atoms with van der Waals surface area (Å²) < 4.78 is 46.3. The van der Waals surface area contributed by atoms with E-state index in [1.165, 1.54) is 55.5 Å². The molecule has 1 saturated carbocycles. The highest BCUT2D eigenvalue weighted by molar-refractivity contribution is 7.89. The molecule has 160 valence electrons. The van der Waals surface area contributed by atoms with Crippen molar-refractivity contribution in [3.8, 4) is 0 Å². The summed E-state index contributed by atoms with van der Waals surface area (Å²) in [4.78, 5) is 23.5. The third-order valence-electron chi connectivity index (χ3n) is 4.88. The molecule has 0 spiro atoms. The first-order valence-electron chi connectivity index (χ1n) is 9.59. The van der Waals surface area contributed by atoms with E-state index in [0.717, 1.165) is 0 Å². The fourth-order valence-electron chi connectivity index (χ4n) is 3.35. The molecular formula is C21H23FN2O5S. The van der Waals surface area contributed by atoms with Gasteiger partial charge in [-0.15, -0.1) is 0 Å². The lowest BCUT2D eigenvalue weighted by Gasteiger charge is -2.29. The van der Waals surface area contributed by atoms with Crippen LogP contribution in [-0.4, -0.2) is 32.4 Å². The third kappa shape index (κ3) is 5.87. The van der Waals surface area contributed by atoms with Gasteiger partial charge in [0.15, 0.2) is 5.78 Å². The summed E-state index contributed by atoms with van der Waals surface area (Å²) in [6.45, 7) is 1.41. The van der Waals surface area contributed by atoms with Crippen LogP contribution in [-0.2, 0) is 14.8 Å². The Balaban J connectivity index is 1.56. The van der Waals surface area contributed by atoms with Crippen LogP contribution >= 0.6 is 0 Å². The van der Waals surface area contributed by atoms with E-state index in [9.17, 15) is 22.4 Å². The van der Waals surface area contributed by atoms with Gasteiger partial charge in [0.2, 0.25) is 10.0 Å². The second-order valence-corrected chi connectivity index (χ2v) is 8.94. The summed E-state index contributed by atoms with van der Waals surface area (Å²) in [7, 11) is -3.76. The normalized spacial score (nSPS) is 19.1. The van der Waals surface area contributed by atoms with Crippen LogP contribution in [0.25, 0.3) is 0 Å². The molecule has 2 aromatic carbocycles. The first kappa shape index (κ1) is 21.9. The molecule has 0 aromatic heterocycles. The van der Waals surface area contributed by atoms with E-state index in [1.807, 2.05) is 0 Å². The molecule has 1 amide bonds. The number of ketones is 1. The van der Waals surface area contributed by atoms with E-state index in [1.54, 1.807) is 0 Å². The van der Waals surface area contributed by atoms with Gasteiger partial charge in [-0.3, -0.25) is 10.1 Å². The molecule has 0 radical (unpaired) electrons. The number of sulfonamides is 1. The summed E-state index contributed by atoms with van der Waals surface area (Å²) in [5, 5.41) is 2.53. The van der Waals surface area contributed by atoms with Crippen molar-refractivity contribution in [2.75, 3.05) is 5.32 Å². The second-order valence-electron chi connectivity index (χ2n) is 7.22. The lowest BCUT2D eigenvalue weighted by atomic mass is 9.94. The second kappa shape index (κ2) is 9.36. The Bertz CT molecular complexity index is 1010. The molecule has 0 saturated heterocycles. The molecule has 7 nitrogen and oxygen atoms in total. The number of anilines is 1. The van der Waals surface area contributed by atoms with Crippen molar-refractivity contribution in [1.82, 2.24) is 4.72 Å². The predicted molar refractivity (Wildman–Crippen MR) is 109 cm³/mol. The molecule has 2 atom stereocenters. The van der Waals surface area contributed by atoms with Gasteiger partial charge >= 0.3 is 6.09 Å². The van der Waals surface area contributed by atoms with E-state index < -0.39 is 28.0 Å². The number of benzene rings is 2. The molecular weight excluding hydrogens is 411 g/mol. The number of halogens is 1. The molecule has 2 N–H and O–H groups in total. The maximum Gasteiger partial charge on any atom is 0.411 e. The van der Waals surface area contributed by atoms with Crippen molar-refractivity contribution in [1.29, 1.82) is 0 Å². The van der Waals surface area contributed by atoms with Gasteiger partial charge in [0.1, 0.15) is 11.9 Å². The van der Waals surface area contributed by atoms with E-state index >= 15 is 0 Å². The van der Waals surface area contributed by atoms with Crippen LogP contribution in [0, 0.1) is 5.82 Å². The molecule has 1 fully saturated rings. The predicted octanol–water partition coefficient (Wildman–Crippen LogP) is 3.87. The number of carbonyl (C=O) groups is 2. The smallest absolute Gasteiger partial charge is 0.411 e. The van der Waals surface area contributed by atoms with Crippen LogP contribution in [0.2, 0.25) is 0 Å². The molecule has 1 aliphatic rings. The van der Waals surface area contributed by atoms with Crippen LogP contribution in [0.1, 0.15) is 43.0 Å². The highest BCUT2D eigenvalue weighted by Crippen LogP contribution is 2.24. The Morgan fingerprint density at radius 3 is 2.33 bits per heavy atom. The summed E-state index contributed by atoms with van der Waals surface area (Å²) in [5.41, 5.74) is 0.843. The fraction of sp³-hybridized carbons (Fsp3) is 0.333. The number of ether oxygens (including phenoxy) is 1. The largest absolute Gasteiger partial charge is 0.446 e. The van der Waals surface area contributed by atoms with Gasteiger partial charge in [-0.2, -0.15) is 0 Å². The Morgan fingerprint density at radius 1 is 1.03 bits per heavy atom. The first-order valence-corrected chi connectivity index (χ1v) is 11.1. The first-order chi connectivity index (χ1) is 14.2. The van der Waals surface area contributed by atoms with Crippen LogP contribution in [0.5, 0.6) is 0 Å². The molecule has 0 bridgehead atoms. The summed E-state index contributed by atoms with van der Waals surface area (Å²) in [6, 6.07) is 10.7. The number of nitrogens with one attached hydrogen (secondary N) is 2. The number of Topliss-reactive ketones (excluding diaryl/α,β-unsaturated/α-hetero) is 1. The number of amides is 1. The van der Waals surface area contributed by atoms with Gasteiger partial charge in [-0.05, 0) is 62.6 Å². The van der Waals surface area contributed by atoms with Crippen molar-refractivity contribution in [3.05, 3.63) is 59.9 Å². The molecule has 0 heterocycles.